The van der Waals surface area contributed by atoms with Crippen LogP contribution in [0.15, 0.2) is 82.1 Å². The molecule has 4 rings (SSSR count). The smallest absolute Gasteiger partial charge is 0.148 e. The standard InChI is InChI=1S/C19H15Cl2N3/c20-14-10-15(21)19-23-17(16-8-4-5-9-22-16)11-18(24(19)12-14)13-6-2-1-3-7-13/h1-10,12,17-18H,11H2. The second kappa shape index (κ2) is 6.42. The number of pyridine rings is 1. The van der Waals surface area contributed by atoms with Crippen LogP contribution in [0.4, 0.5) is 0 Å². The van der Waals surface area contributed by atoms with E-state index < -0.39 is 0 Å². The third-order valence-corrected chi connectivity index (χ3v) is 4.74. The molecule has 2 aliphatic rings. The van der Waals surface area contributed by atoms with Crippen LogP contribution in [-0.2, 0) is 0 Å². The van der Waals surface area contributed by atoms with Gasteiger partial charge in [-0.05, 0) is 23.8 Å². The molecule has 1 aromatic heterocycles. The van der Waals surface area contributed by atoms with E-state index in [9.17, 15) is 0 Å². The molecular weight excluding hydrogens is 341 g/mol. The van der Waals surface area contributed by atoms with Crippen LogP contribution in [0.2, 0.25) is 0 Å². The summed E-state index contributed by atoms with van der Waals surface area (Å²) >= 11 is 12.7. The van der Waals surface area contributed by atoms with E-state index in [2.05, 4.69) is 22.0 Å². The first-order valence-corrected chi connectivity index (χ1v) is 8.55. The van der Waals surface area contributed by atoms with Gasteiger partial charge in [-0.25, -0.2) is 0 Å². The van der Waals surface area contributed by atoms with Gasteiger partial charge < -0.3 is 4.90 Å². The zero-order valence-electron chi connectivity index (χ0n) is 12.8. The Balaban J connectivity index is 1.81. The first-order chi connectivity index (χ1) is 11.7. The average molecular weight is 356 g/mol. The van der Waals surface area contributed by atoms with Gasteiger partial charge in [0.1, 0.15) is 5.84 Å². The van der Waals surface area contributed by atoms with E-state index in [1.807, 2.05) is 42.6 Å². The molecule has 0 amide bonds. The van der Waals surface area contributed by atoms with Gasteiger partial charge in [-0.15, -0.1) is 0 Å². The number of hydrogen-bond acceptors (Lipinski definition) is 3. The van der Waals surface area contributed by atoms with E-state index in [4.69, 9.17) is 28.2 Å². The third kappa shape index (κ3) is 2.85. The molecule has 5 heteroatoms. The van der Waals surface area contributed by atoms with Gasteiger partial charge in [0.2, 0.25) is 0 Å². The van der Waals surface area contributed by atoms with Crippen LogP contribution in [0.1, 0.15) is 29.8 Å². The molecule has 0 spiro atoms. The Bertz CT molecular complexity index is 828. The fourth-order valence-electron chi connectivity index (χ4n) is 3.16. The molecule has 2 aromatic rings. The number of aromatic nitrogens is 1. The lowest BCUT2D eigenvalue weighted by Gasteiger charge is -2.39. The first kappa shape index (κ1) is 15.4. The Hall–Kier alpha value is -2.10. The average Bonchev–Trinajstić information content (AvgIpc) is 2.62. The molecule has 120 valence electrons. The van der Waals surface area contributed by atoms with Crippen molar-refractivity contribution in [2.75, 3.05) is 0 Å². The zero-order valence-corrected chi connectivity index (χ0v) is 14.3. The van der Waals surface area contributed by atoms with Crippen molar-refractivity contribution in [3.05, 3.63) is 88.3 Å². The molecule has 3 nitrogen and oxygen atoms in total. The van der Waals surface area contributed by atoms with Crippen molar-refractivity contribution in [1.29, 1.82) is 0 Å². The van der Waals surface area contributed by atoms with Gasteiger partial charge in [0, 0.05) is 18.8 Å². The summed E-state index contributed by atoms with van der Waals surface area (Å²) in [5, 5.41) is 1.17. The maximum absolute atomic E-state index is 6.43. The maximum atomic E-state index is 6.43. The minimum absolute atomic E-state index is 0.0323. The molecule has 0 saturated carbocycles. The number of rotatable bonds is 2. The molecular formula is C19H15Cl2N3. The molecule has 3 heterocycles. The van der Waals surface area contributed by atoms with Crippen molar-refractivity contribution < 1.29 is 0 Å². The number of amidine groups is 1. The summed E-state index contributed by atoms with van der Waals surface area (Å²) in [4.78, 5) is 11.4. The van der Waals surface area contributed by atoms with Crippen LogP contribution in [0.3, 0.4) is 0 Å². The van der Waals surface area contributed by atoms with Gasteiger partial charge >= 0.3 is 0 Å². The van der Waals surface area contributed by atoms with E-state index >= 15 is 0 Å². The van der Waals surface area contributed by atoms with Crippen molar-refractivity contribution in [3.63, 3.8) is 0 Å². The number of fused-ring (bicyclic) bond motifs is 1. The largest absolute Gasteiger partial charge is 0.323 e. The van der Waals surface area contributed by atoms with E-state index in [0.29, 0.717) is 10.1 Å². The number of nitrogens with zero attached hydrogens (tertiary/aromatic N) is 3. The molecule has 0 saturated heterocycles. The molecule has 0 bridgehead atoms. The Morgan fingerprint density at radius 2 is 1.79 bits per heavy atom. The lowest BCUT2D eigenvalue weighted by molar-refractivity contribution is 0.331. The predicted molar refractivity (Wildman–Crippen MR) is 97.9 cm³/mol. The highest BCUT2D eigenvalue weighted by molar-refractivity contribution is 6.45. The SMILES string of the molecule is ClC1=CN2C(=NC(c3ccccn3)CC2c2ccccc2)C(Cl)=C1. The molecule has 2 aliphatic heterocycles. The Labute approximate surface area is 150 Å². The van der Waals surface area contributed by atoms with Crippen LogP contribution in [-0.4, -0.2) is 15.7 Å². The summed E-state index contributed by atoms with van der Waals surface area (Å²) in [6.07, 6.45) is 6.25. The summed E-state index contributed by atoms with van der Waals surface area (Å²) in [6, 6.07) is 16.3. The van der Waals surface area contributed by atoms with Gasteiger partial charge in [0.05, 0.1) is 27.8 Å². The van der Waals surface area contributed by atoms with Crippen LogP contribution in [0, 0.1) is 0 Å². The highest BCUT2D eigenvalue weighted by Gasteiger charge is 2.34. The minimum Gasteiger partial charge on any atom is -0.323 e. The maximum Gasteiger partial charge on any atom is 0.148 e. The van der Waals surface area contributed by atoms with Crippen molar-refractivity contribution >= 4 is 29.0 Å². The Kier molecular flexibility index (Phi) is 4.13. The monoisotopic (exact) mass is 355 g/mol. The highest BCUT2D eigenvalue weighted by Crippen LogP contribution is 2.41. The van der Waals surface area contributed by atoms with Crippen molar-refractivity contribution in [3.8, 4) is 0 Å². The molecule has 0 fully saturated rings. The predicted octanol–water partition coefficient (Wildman–Crippen LogP) is 5.18. The Morgan fingerprint density at radius 1 is 1.00 bits per heavy atom. The van der Waals surface area contributed by atoms with Crippen molar-refractivity contribution in [1.82, 2.24) is 9.88 Å². The summed E-state index contributed by atoms with van der Waals surface area (Å²) in [5.74, 6) is 0.747. The molecule has 24 heavy (non-hydrogen) atoms. The topological polar surface area (TPSA) is 28.5 Å². The van der Waals surface area contributed by atoms with Crippen LogP contribution in [0.25, 0.3) is 0 Å². The van der Waals surface area contributed by atoms with E-state index in [-0.39, 0.29) is 12.1 Å². The van der Waals surface area contributed by atoms with Gasteiger partial charge in [0.15, 0.2) is 0 Å². The van der Waals surface area contributed by atoms with E-state index in [0.717, 1.165) is 18.0 Å². The number of halogens is 2. The Morgan fingerprint density at radius 3 is 2.54 bits per heavy atom. The number of hydrogen-bond donors (Lipinski definition) is 0. The summed E-state index contributed by atoms with van der Waals surface area (Å²) in [6.45, 7) is 0. The quantitative estimate of drug-likeness (QED) is 0.741. The second-order valence-electron chi connectivity index (χ2n) is 5.80. The summed E-state index contributed by atoms with van der Waals surface area (Å²) in [7, 11) is 0. The molecule has 2 unspecified atom stereocenters. The van der Waals surface area contributed by atoms with Crippen LogP contribution in [0.5, 0.6) is 0 Å². The number of allylic oxidation sites excluding steroid dienone is 2. The summed E-state index contributed by atoms with van der Waals surface area (Å²) in [5.41, 5.74) is 2.16. The van der Waals surface area contributed by atoms with Crippen molar-refractivity contribution in [2.24, 2.45) is 4.99 Å². The highest BCUT2D eigenvalue weighted by atomic mass is 35.5. The number of benzene rings is 1. The van der Waals surface area contributed by atoms with E-state index in [1.54, 1.807) is 12.3 Å². The second-order valence-corrected chi connectivity index (χ2v) is 6.64. The van der Waals surface area contributed by atoms with Gasteiger partial charge in [-0.2, -0.15) is 0 Å². The fraction of sp³-hybridized carbons (Fsp3) is 0.158. The van der Waals surface area contributed by atoms with Crippen molar-refractivity contribution in [2.45, 2.75) is 18.5 Å². The zero-order chi connectivity index (χ0) is 16.5. The number of aliphatic imine (C=N–C) groups is 1. The lowest BCUT2D eigenvalue weighted by atomic mass is 9.93. The first-order valence-electron chi connectivity index (χ1n) is 7.79. The molecule has 1 aromatic carbocycles. The minimum atomic E-state index is -0.0323. The van der Waals surface area contributed by atoms with Crippen LogP contribution >= 0.6 is 23.2 Å². The normalized spacial score (nSPS) is 23.1. The molecule has 0 radical (unpaired) electrons. The van der Waals surface area contributed by atoms with Gasteiger partial charge in [-0.3, -0.25) is 9.98 Å². The summed E-state index contributed by atoms with van der Waals surface area (Å²) < 4.78 is 0. The van der Waals surface area contributed by atoms with Gasteiger partial charge in [-0.1, -0.05) is 59.6 Å². The van der Waals surface area contributed by atoms with E-state index in [1.165, 1.54) is 5.56 Å². The molecule has 0 aliphatic carbocycles. The molecule has 0 N–H and O–H groups in total. The van der Waals surface area contributed by atoms with Gasteiger partial charge in [0.25, 0.3) is 0 Å². The third-order valence-electron chi connectivity index (χ3n) is 4.26. The fourth-order valence-corrected chi connectivity index (χ4v) is 3.70. The van der Waals surface area contributed by atoms with Crippen LogP contribution < -0.4 is 0 Å². The molecule has 2 atom stereocenters. The lowest BCUT2D eigenvalue weighted by Crippen LogP contribution is -2.37.